The lowest BCUT2D eigenvalue weighted by Crippen LogP contribution is -2.31. The second-order valence-electron chi connectivity index (χ2n) is 4.62. The zero-order valence-electron chi connectivity index (χ0n) is 9.74. The second kappa shape index (κ2) is 4.13. The van der Waals surface area contributed by atoms with Crippen LogP contribution in [0.3, 0.4) is 0 Å². The predicted molar refractivity (Wildman–Crippen MR) is 57.5 cm³/mol. The fourth-order valence-electron chi connectivity index (χ4n) is 1.39. The molecule has 0 atom stereocenters. The molecule has 1 heterocycles. The molecular formula is C11H20N2O. The lowest BCUT2D eigenvalue weighted by Gasteiger charge is -2.24. The summed E-state index contributed by atoms with van der Waals surface area (Å²) in [7, 11) is 1.72. The van der Waals surface area contributed by atoms with Crippen LogP contribution in [0.5, 0.6) is 0 Å². The van der Waals surface area contributed by atoms with E-state index >= 15 is 0 Å². The molecule has 0 bridgehead atoms. The van der Waals surface area contributed by atoms with Crippen LogP contribution in [0, 0.1) is 0 Å². The topological polar surface area (TPSA) is 27.1 Å². The van der Waals surface area contributed by atoms with Crippen molar-refractivity contribution in [3.63, 3.8) is 0 Å². The third-order valence-electron chi connectivity index (χ3n) is 2.39. The molecule has 0 saturated heterocycles. The number of methoxy groups -OCH3 is 1. The molecule has 14 heavy (non-hydrogen) atoms. The van der Waals surface area contributed by atoms with Gasteiger partial charge < -0.3 is 4.74 Å². The molecule has 0 saturated carbocycles. The molecular weight excluding hydrogens is 176 g/mol. The van der Waals surface area contributed by atoms with Crippen LogP contribution in [0.1, 0.15) is 39.2 Å². The predicted octanol–water partition coefficient (Wildman–Crippen LogP) is 2.39. The normalized spacial score (nSPS) is 12.4. The fraction of sp³-hybridized carbons (Fsp3) is 0.727. The van der Waals surface area contributed by atoms with E-state index in [1.165, 1.54) is 5.56 Å². The van der Waals surface area contributed by atoms with Crippen molar-refractivity contribution in [3.05, 3.63) is 18.0 Å². The molecule has 0 fully saturated rings. The average molecular weight is 196 g/mol. The van der Waals surface area contributed by atoms with Crippen molar-refractivity contribution < 1.29 is 4.74 Å². The van der Waals surface area contributed by atoms with Crippen LogP contribution in [0.15, 0.2) is 12.4 Å². The molecule has 1 rings (SSSR count). The van der Waals surface area contributed by atoms with Crippen molar-refractivity contribution >= 4 is 0 Å². The van der Waals surface area contributed by atoms with Gasteiger partial charge in [0, 0.05) is 13.3 Å². The summed E-state index contributed by atoms with van der Waals surface area (Å²) in [6, 6.07) is 0. The highest BCUT2D eigenvalue weighted by atomic mass is 16.5. The molecule has 0 radical (unpaired) electrons. The van der Waals surface area contributed by atoms with E-state index < -0.39 is 0 Å². The molecule has 0 N–H and O–H groups in total. The summed E-state index contributed by atoms with van der Waals surface area (Å²) in [4.78, 5) is 0. The van der Waals surface area contributed by atoms with Gasteiger partial charge in [0.1, 0.15) is 0 Å². The first-order chi connectivity index (χ1) is 6.47. The van der Waals surface area contributed by atoms with Crippen LogP contribution in [0.4, 0.5) is 0 Å². The molecule has 0 unspecified atom stereocenters. The summed E-state index contributed by atoms with van der Waals surface area (Å²) < 4.78 is 7.15. The van der Waals surface area contributed by atoms with E-state index in [0.717, 1.165) is 0 Å². The van der Waals surface area contributed by atoms with Crippen LogP contribution in [0.25, 0.3) is 0 Å². The first-order valence-electron chi connectivity index (χ1n) is 5.01. The van der Waals surface area contributed by atoms with Gasteiger partial charge in [-0.1, -0.05) is 13.8 Å². The van der Waals surface area contributed by atoms with Gasteiger partial charge in [-0.25, -0.2) is 0 Å². The van der Waals surface area contributed by atoms with Gasteiger partial charge in [-0.2, -0.15) is 5.10 Å². The standard InChI is InChI=1S/C11H20N2O/c1-9(2)10-6-12-13(7-10)11(3,4)8-14-5/h6-7,9H,8H2,1-5H3. The van der Waals surface area contributed by atoms with Crippen LogP contribution in [-0.4, -0.2) is 23.5 Å². The second-order valence-corrected chi connectivity index (χ2v) is 4.62. The molecule has 0 aliphatic rings. The molecule has 80 valence electrons. The summed E-state index contributed by atoms with van der Waals surface area (Å²) >= 11 is 0. The van der Waals surface area contributed by atoms with Gasteiger partial charge in [0.25, 0.3) is 0 Å². The highest BCUT2D eigenvalue weighted by Crippen LogP contribution is 2.19. The Morgan fingerprint density at radius 3 is 2.57 bits per heavy atom. The van der Waals surface area contributed by atoms with Crippen LogP contribution in [0.2, 0.25) is 0 Å². The van der Waals surface area contributed by atoms with Gasteiger partial charge in [-0.15, -0.1) is 0 Å². The quantitative estimate of drug-likeness (QED) is 0.739. The van der Waals surface area contributed by atoms with Crippen molar-refractivity contribution in [2.45, 2.75) is 39.2 Å². The van der Waals surface area contributed by atoms with Gasteiger partial charge in [-0.05, 0) is 25.3 Å². The van der Waals surface area contributed by atoms with Crippen molar-refractivity contribution in [1.82, 2.24) is 9.78 Å². The summed E-state index contributed by atoms with van der Waals surface area (Å²) in [6.07, 6.45) is 4.03. The maximum atomic E-state index is 5.17. The Morgan fingerprint density at radius 2 is 2.14 bits per heavy atom. The Hall–Kier alpha value is -0.830. The SMILES string of the molecule is COCC(C)(C)n1cc(C(C)C)cn1. The third-order valence-corrected chi connectivity index (χ3v) is 2.39. The molecule has 1 aromatic rings. The lowest BCUT2D eigenvalue weighted by molar-refractivity contribution is 0.101. The summed E-state index contributed by atoms with van der Waals surface area (Å²) in [5.41, 5.74) is 1.20. The Labute approximate surface area is 86.1 Å². The van der Waals surface area contributed by atoms with E-state index in [-0.39, 0.29) is 5.54 Å². The summed E-state index contributed by atoms with van der Waals surface area (Å²) in [6.45, 7) is 9.25. The lowest BCUT2D eigenvalue weighted by atomic mass is 10.1. The number of rotatable bonds is 4. The molecule has 0 spiro atoms. The minimum atomic E-state index is -0.0676. The van der Waals surface area contributed by atoms with Crippen molar-refractivity contribution in [1.29, 1.82) is 0 Å². The molecule has 3 nitrogen and oxygen atoms in total. The van der Waals surface area contributed by atoms with E-state index in [2.05, 4.69) is 39.0 Å². The van der Waals surface area contributed by atoms with Gasteiger partial charge in [-0.3, -0.25) is 4.68 Å². The monoisotopic (exact) mass is 196 g/mol. The zero-order valence-corrected chi connectivity index (χ0v) is 9.74. The van der Waals surface area contributed by atoms with E-state index in [1.807, 2.05) is 10.9 Å². The van der Waals surface area contributed by atoms with Gasteiger partial charge in [0.2, 0.25) is 0 Å². The van der Waals surface area contributed by atoms with Crippen LogP contribution in [-0.2, 0) is 10.3 Å². The van der Waals surface area contributed by atoms with E-state index in [9.17, 15) is 0 Å². The Bertz CT molecular complexity index is 289. The number of hydrogen-bond acceptors (Lipinski definition) is 2. The highest BCUT2D eigenvalue weighted by molar-refractivity contribution is 5.09. The molecule has 0 aliphatic carbocycles. The Kier molecular flexibility index (Phi) is 3.32. The number of ether oxygens (including phenoxy) is 1. The van der Waals surface area contributed by atoms with Gasteiger partial charge in [0.05, 0.1) is 18.3 Å². The first kappa shape index (κ1) is 11.2. The van der Waals surface area contributed by atoms with Gasteiger partial charge in [0.15, 0.2) is 0 Å². The van der Waals surface area contributed by atoms with Gasteiger partial charge >= 0.3 is 0 Å². The van der Waals surface area contributed by atoms with Crippen molar-refractivity contribution in [2.24, 2.45) is 0 Å². The van der Waals surface area contributed by atoms with E-state index in [1.54, 1.807) is 7.11 Å². The summed E-state index contributed by atoms with van der Waals surface area (Å²) in [5.74, 6) is 0.530. The minimum Gasteiger partial charge on any atom is -0.382 e. The molecule has 1 aromatic heterocycles. The zero-order chi connectivity index (χ0) is 10.8. The van der Waals surface area contributed by atoms with Crippen molar-refractivity contribution in [3.8, 4) is 0 Å². The molecule has 0 amide bonds. The number of nitrogens with zero attached hydrogens (tertiary/aromatic N) is 2. The van der Waals surface area contributed by atoms with E-state index in [4.69, 9.17) is 4.74 Å². The van der Waals surface area contributed by atoms with E-state index in [0.29, 0.717) is 12.5 Å². The number of aromatic nitrogens is 2. The first-order valence-corrected chi connectivity index (χ1v) is 5.01. The highest BCUT2D eigenvalue weighted by Gasteiger charge is 2.21. The fourth-order valence-corrected chi connectivity index (χ4v) is 1.39. The smallest absolute Gasteiger partial charge is 0.0803 e. The van der Waals surface area contributed by atoms with Crippen LogP contribution < -0.4 is 0 Å². The summed E-state index contributed by atoms with van der Waals surface area (Å²) in [5, 5.41) is 4.36. The van der Waals surface area contributed by atoms with Crippen molar-refractivity contribution in [2.75, 3.05) is 13.7 Å². The third kappa shape index (κ3) is 2.35. The van der Waals surface area contributed by atoms with Crippen LogP contribution >= 0.6 is 0 Å². The maximum absolute atomic E-state index is 5.17. The molecule has 0 aliphatic heterocycles. The number of hydrogen-bond donors (Lipinski definition) is 0. The largest absolute Gasteiger partial charge is 0.382 e. The maximum Gasteiger partial charge on any atom is 0.0803 e. The minimum absolute atomic E-state index is 0.0676. The Balaban J connectivity index is 2.85. The molecule has 0 aromatic carbocycles. The molecule has 3 heteroatoms. The average Bonchev–Trinajstić information content (AvgIpc) is 2.51. The Morgan fingerprint density at radius 1 is 1.50 bits per heavy atom.